The van der Waals surface area contributed by atoms with Gasteiger partial charge in [-0.15, -0.1) is 0 Å². The number of nitrogens with zero attached hydrogens (tertiary/aromatic N) is 2. The van der Waals surface area contributed by atoms with E-state index in [2.05, 4.69) is 35.8 Å². The Kier molecular flexibility index (Phi) is 6.77. The Bertz CT molecular complexity index is 972. The van der Waals surface area contributed by atoms with Gasteiger partial charge in [-0.3, -0.25) is 4.90 Å². The van der Waals surface area contributed by atoms with Crippen LogP contribution in [0.15, 0.2) is 18.2 Å². The molecule has 0 amide bonds. The highest BCUT2D eigenvalue weighted by molar-refractivity contribution is 5.38. The van der Waals surface area contributed by atoms with E-state index in [9.17, 15) is 5.11 Å². The first-order valence-corrected chi connectivity index (χ1v) is 15.3. The van der Waals surface area contributed by atoms with Crippen LogP contribution in [0.1, 0.15) is 82.3 Å². The molecule has 210 valence electrons. The Morgan fingerprint density at radius 3 is 2.24 bits per heavy atom. The molecule has 2 saturated heterocycles. The molecule has 1 N–H and O–H groups in total. The minimum absolute atomic E-state index is 0.0366. The fourth-order valence-electron chi connectivity index (χ4n) is 9.91. The lowest BCUT2D eigenvalue weighted by atomic mass is 9.40. The maximum absolute atomic E-state index is 10.8. The van der Waals surface area contributed by atoms with E-state index in [0.29, 0.717) is 29.4 Å². The average Bonchev–Trinajstić information content (AvgIpc) is 2.90. The summed E-state index contributed by atoms with van der Waals surface area (Å²) in [6, 6.07) is 6.41. The number of hydrogen-bond donors (Lipinski definition) is 1. The fraction of sp³-hybridized carbons (Fsp3) is 0.806. The summed E-state index contributed by atoms with van der Waals surface area (Å²) in [5, 5.41) is 10.8. The van der Waals surface area contributed by atoms with Crippen LogP contribution in [0.2, 0.25) is 0 Å². The maximum atomic E-state index is 10.8. The predicted molar refractivity (Wildman–Crippen MR) is 143 cm³/mol. The molecule has 1 aromatic rings. The van der Waals surface area contributed by atoms with Gasteiger partial charge in [0, 0.05) is 56.7 Å². The van der Waals surface area contributed by atoms with Crippen molar-refractivity contribution in [2.75, 3.05) is 39.5 Å². The summed E-state index contributed by atoms with van der Waals surface area (Å²) in [6.07, 6.45) is 9.38. The van der Waals surface area contributed by atoms with Crippen molar-refractivity contribution in [2.45, 2.75) is 83.5 Å². The predicted octanol–water partition coefficient (Wildman–Crippen LogP) is 5.44. The van der Waals surface area contributed by atoms with E-state index in [0.717, 1.165) is 69.4 Å². The third-order valence-corrected chi connectivity index (χ3v) is 11.3. The van der Waals surface area contributed by atoms with E-state index in [4.69, 9.17) is 19.6 Å². The van der Waals surface area contributed by atoms with Gasteiger partial charge in [-0.05, 0) is 92.1 Å². The second-order valence-electron chi connectivity index (χ2n) is 13.9. The Morgan fingerprint density at radius 2 is 1.58 bits per heavy atom. The van der Waals surface area contributed by atoms with Crippen molar-refractivity contribution in [3.63, 3.8) is 0 Å². The molecule has 2 spiro atoms. The van der Waals surface area contributed by atoms with E-state index in [1.54, 1.807) is 0 Å². The van der Waals surface area contributed by atoms with Crippen LogP contribution in [-0.4, -0.2) is 60.2 Å². The first kappa shape index (κ1) is 25.7. The number of piperazine rings is 1. The average molecular weight is 527 g/mol. The van der Waals surface area contributed by atoms with Crippen molar-refractivity contribution in [2.24, 2.45) is 35.0 Å². The molecule has 7 aliphatic rings. The molecule has 0 aromatic heterocycles. The van der Waals surface area contributed by atoms with Crippen molar-refractivity contribution >= 4 is 0 Å². The van der Waals surface area contributed by atoms with Crippen LogP contribution >= 0.6 is 0 Å². The summed E-state index contributed by atoms with van der Waals surface area (Å²) in [4.78, 5) is 28.4. The highest BCUT2D eigenvalue weighted by Crippen LogP contribution is 2.71. The molecular formula is C31H46N2O5. The lowest BCUT2D eigenvalue weighted by molar-refractivity contribution is -0.629. The standard InChI is InChI=1S/C31H46N2O5/c1-21(2)18-32-7-9-33(10-8-32)19-26-16-24(3-4-29(26)34)25-5-6-31(37-35-20-36-38-31)30(17-25)27-12-22-11-23(14-27)15-28(30)13-22/h3-4,16,21-23,25,27-28,34H,5-15,17-20H2,1-2H3. The molecule has 2 heterocycles. The van der Waals surface area contributed by atoms with Crippen LogP contribution in [0.25, 0.3) is 0 Å². The number of hydrogen-bond acceptors (Lipinski definition) is 7. The van der Waals surface area contributed by atoms with E-state index in [1.807, 2.05) is 6.07 Å². The molecule has 0 radical (unpaired) electrons. The Morgan fingerprint density at radius 1 is 0.921 bits per heavy atom. The smallest absolute Gasteiger partial charge is 0.240 e. The first-order chi connectivity index (χ1) is 18.4. The van der Waals surface area contributed by atoms with Crippen molar-refractivity contribution in [1.29, 1.82) is 0 Å². The number of rotatable bonds is 5. The quantitative estimate of drug-likeness (QED) is 0.513. The Labute approximate surface area is 227 Å². The zero-order chi connectivity index (χ0) is 25.9. The molecule has 7 nitrogen and oxygen atoms in total. The van der Waals surface area contributed by atoms with Gasteiger partial charge < -0.3 is 10.0 Å². The molecule has 1 aromatic carbocycles. The molecule has 5 saturated carbocycles. The van der Waals surface area contributed by atoms with E-state index < -0.39 is 5.79 Å². The van der Waals surface area contributed by atoms with Gasteiger partial charge in [-0.1, -0.05) is 26.0 Å². The summed E-state index contributed by atoms with van der Waals surface area (Å²) in [5.74, 6) is 3.71. The molecule has 2 aliphatic heterocycles. The molecule has 38 heavy (non-hydrogen) atoms. The fourth-order valence-corrected chi connectivity index (χ4v) is 9.91. The lowest BCUT2D eigenvalue weighted by Gasteiger charge is -2.68. The van der Waals surface area contributed by atoms with Crippen LogP contribution in [0.3, 0.4) is 0 Å². The summed E-state index contributed by atoms with van der Waals surface area (Å²) in [6.45, 7) is 11.0. The zero-order valence-corrected chi connectivity index (χ0v) is 23.3. The Balaban J connectivity index is 1.12. The largest absolute Gasteiger partial charge is 0.508 e. The lowest BCUT2D eigenvalue weighted by Crippen LogP contribution is -2.68. The van der Waals surface area contributed by atoms with Gasteiger partial charge in [0.05, 0.1) is 0 Å². The minimum atomic E-state index is -0.792. The van der Waals surface area contributed by atoms with Crippen LogP contribution in [0.5, 0.6) is 5.75 Å². The molecule has 1 atom stereocenters. The van der Waals surface area contributed by atoms with Gasteiger partial charge in [-0.2, -0.15) is 9.78 Å². The highest BCUT2D eigenvalue weighted by atomic mass is 17.4. The molecule has 8 rings (SSSR count). The highest BCUT2D eigenvalue weighted by Gasteiger charge is 2.71. The summed E-state index contributed by atoms with van der Waals surface area (Å²) in [7, 11) is 0. The minimum Gasteiger partial charge on any atom is -0.508 e. The maximum Gasteiger partial charge on any atom is 0.240 e. The molecule has 4 bridgehead atoms. The third-order valence-electron chi connectivity index (χ3n) is 11.3. The normalized spacial score (nSPS) is 39.0. The van der Waals surface area contributed by atoms with Crippen LogP contribution in [0.4, 0.5) is 0 Å². The van der Waals surface area contributed by atoms with E-state index in [1.165, 1.54) is 44.2 Å². The number of aromatic hydroxyl groups is 1. The summed E-state index contributed by atoms with van der Waals surface area (Å²) >= 11 is 0. The second-order valence-corrected chi connectivity index (χ2v) is 13.9. The monoisotopic (exact) mass is 526 g/mol. The van der Waals surface area contributed by atoms with Gasteiger partial charge in [0.25, 0.3) is 0 Å². The van der Waals surface area contributed by atoms with Gasteiger partial charge >= 0.3 is 0 Å². The van der Waals surface area contributed by atoms with Crippen LogP contribution in [-0.2, 0) is 26.1 Å². The molecule has 7 fully saturated rings. The third kappa shape index (κ3) is 4.33. The SMILES string of the molecule is CC(C)CN1CCN(Cc2cc(C3CCC4(OOCOO4)C4(C3)C3CC5CC(C3)CC4C5)ccc2O)CC1. The topological polar surface area (TPSA) is 63.6 Å². The zero-order valence-electron chi connectivity index (χ0n) is 23.3. The number of phenols is 1. The van der Waals surface area contributed by atoms with E-state index in [-0.39, 0.29) is 12.2 Å². The first-order valence-electron chi connectivity index (χ1n) is 15.3. The Hall–Kier alpha value is -1.22. The van der Waals surface area contributed by atoms with Crippen molar-refractivity contribution < 1.29 is 24.7 Å². The van der Waals surface area contributed by atoms with Crippen molar-refractivity contribution in [3.8, 4) is 5.75 Å². The number of benzene rings is 1. The van der Waals surface area contributed by atoms with Gasteiger partial charge in [0.1, 0.15) is 5.75 Å². The van der Waals surface area contributed by atoms with E-state index >= 15 is 0 Å². The van der Waals surface area contributed by atoms with Crippen molar-refractivity contribution in [1.82, 2.24) is 9.80 Å². The van der Waals surface area contributed by atoms with Crippen LogP contribution < -0.4 is 0 Å². The summed E-state index contributed by atoms with van der Waals surface area (Å²) in [5.41, 5.74) is 2.35. The summed E-state index contributed by atoms with van der Waals surface area (Å²) < 4.78 is 0. The second kappa shape index (κ2) is 10.0. The molecule has 1 unspecified atom stereocenters. The molecular weight excluding hydrogens is 480 g/mol. The van der Waals surface area contributed by atoms with Gasteiger partial charge in [0.2, 0.25) is 12.6 Å². The van der Waals surface area contributed by atoms with Gasteiger partial charge in [0.15, 0.2) is 0 Å². The number of phenolic OH excluding ortho intramolecular Hbond substituents is 1. The molecule has 7 heteroatoms. The molecule has 5 aliphatic carbocycles. The van der Waals surface area contributed by atoms with Crippen LogP contribution in [0, 0.1) is 35.0 Å². The van der Waals surface area contributed by atoms with Gasteiger partial charge in [-0.25, -0.2) is 9.78 Å². The van der Waals surface area contributed by atoms with Crippen molar-refractivity contribution in [3.05, 3.63) is 29.3 Å².